The average Bonchev–Trinajstić information content (AvgIpc) is 2.57. The van der Waals surface area contributed by atoms with Gasteiger partial charge < -0.3 is 5.32 Å². The molecule has 0 aliphatic rings. The van der Waals surface area contributed by atoms with Crippen molar-refractivity contribution in [1.29, 1.82) is 0 Å². The molecule has 1 heterocycles. The highest BCUT2D eigenvalue weighted by molar-refractivity contribution is 7.09. The Morgan fingerprint density at radius 2 is 2.45 bits per heavy atom. The van der Waals surface area contributed by atoms with E-state index >= 15 is 0 Å². The molecule has 0 saturated heterocycles. The van der Waals surface area contributed by atoms with Crippen LogP contribution in [0.2, 0.25) is 0 Å². The lowest BCUT2D eigenvalue weighted by atomic mass is 10.7. The third-order valence-corrected chi connectivity index (χ3v) is 1.60. The van der Waals surface area contributed by atoms with Gasteiger partial charge in [0.2, 0.25) is 6.41 Å². The number of amides is 1. The van der Waals surface area contributed by atoms with Gasteiger partial charge in [-0.25, -0.2) is 4.98 Å². The number of nitrogens with zero attached hydrogens (tertiary/aromatic N) is 1. The maximum atomic E-state index is 9.77. The van der Waals surface area contributed by atoms with Crippen molar-refractivity contribution < 1.29 is 4.79 Å². The van der Waals surface area contributed by atoms with Crippen molar-refractivity contribution in [2.75, 3.05) is 0 Å². The summed E-state index contributed by atoms with van der Waals surface area (Å²) in [7, 11) is 0. The van der Waals surface area contributed by atoms with Gasteiger partial charge in [-0.1, -0.05) is 0 Å². The number of carbonyl (C=O) groups is 1. The highest BCUT2D eigenvalue weighted by atomic mass is 32.1. The first kappa shape index (κ1) is 9.66. The highest BCUT2D eigenvalue weighted by Gasteiger charge is 1.89. The van der Waals surface area contributed by atoms with Gasteiger partial charge in [0, 0.05) is 11.6 Å². The van der Waals surface area contributed by atoms with Crippen molar-refractivity contribution in [1.82, 2.24) is 10.3 Å². The molecule has 3 nitrogen and oxygen atoms in total. The van der Waals surface area contributed by atoms with Crippen LogP contribution in [0, 0.1) is 12.8 Å². The smallest absolute Gasteiger partial charge is 0.207 e. The zero-order valence-corrected chi connectivity index (χ0v) is 6.67. The molecule has 1 rings (SSSR count). The van der Waals surface area contributed by atoms with Crippen molar-refractivity contribution in [3.63, 3.8) is 0 Å². The Balaban J connectivity index is 0.000000461. The van der Waals surface area contributed by atoms with E-state index in [1.807, 2.05) is 5.38 Å². The van der Waals surface area contributed by atoms with Gasteiger partial charge in [-0.15, -0.1) is 24.2 Å². The van der Waals surface area contributed by atoms with E-state index < -0.39 is 0 Å². The lowest BCUT2D eigenvalue weighted by molar-refractivity contribution is -0.109. The lowest BCUT2D eigenvalue weighted by Crippen LogP contribution is -2.08. The summed E-state index contributed by atoms with van der Waals surface area (Å²) >= 11 is 1.53. The van der Waals surface area contributed by atoms with E-state index in [1.54, 1.807) is 6.20 Å². The second-order valence-electron chi connectivity index (χ2n) is 1.42. The number of nitrogens with one attached hydrogen (secondary N) is 1. The Morgan fingerprint density at radius 1 is 1.73 bits per heavy atom. The maximum Gasteiger partial charge on any atom is 0.207 e. The molecule has 1 aromatic heterocycles. The van der Waals surface area contributed by atoms with E-state index in [9.17, 15) is 4.79 Å². The molecule has 0 fully saturated rings. The third-order valence-electron chi connectivity index (χ3n) is 0.820. The molecule has 1 N–H and O–H groups in total. The van der Waals surface area contributed by atoms with Crippen LogP contribution < -0.4 is 5.32 Å². The van der Waals surface area contributed by atoms with Crippen LogP contribution in [0.15, 0.2) is 11.6 Å². The van der Waals surface area contributed by atoms with Crippen molar-refractivity contribution in [2.45, 2.75) is 6.54 Å². The number of terminal acetylenes is 1. The Kier molecular flexibility index (Phi) is 5.95. The number of carbonyl (C=O) groups excluding carboxylic acids is 1. The number of rotatable bonds is 3. The quantitative estimate of drug-likeness (QED) is 0.531. The summed E-state index contributed by atoms with van der Waals surface area (Å²) in [6.07, 6.45) is 10.4. The molecule has 0 radical (unpaired) electrons. The second-order valence-corrected chi connectivity index (χ2v) is 2.40. The van der Waals surface area contributed by atoms with E-state index in [4.69, 9.17) is 0 Å². The van der Waals surface area contributed by atoms with Gasteiger partial charge in [-0.3, -0.25) is 4.79 Å². The van der Waals surface area contributed by atoms with Gasteiger partial charge in [0.25, 0.3) is 0 Å². The number of hydrogen-bond acceptors (Lipinski definition) is 3. The second kappa shape index (κ2) is 6.78. The fourth-order valence-corrected chi connectivity index (χ4v) is 1.04. The molecule has 1 aromatic rings. The van der Waals surface area contributed by atoms with E-state index in [-0.39, 0.29) is 0 Å². The predicted molar refractivity (Wildman–Crippen MR) is 44.9 cm³/mol. The number of thiazole rings is 1. The largest absolute Gasteiger partial charge is 0.352 e. The summed E-state index contributed by atoms with van der Waals surface area (Å²) in [4.78, 5) is 13.7. The fourth-order valence-electron chi connectivity index (χ4n) is 0.469. The number of hydrogen-bond donors (Lipinski definition) is 1. The monoisotopic (exact) mass is 168 g/mol. The summed E-state index contributed by atoms with van der Waals surface area (Å²) in [6, 6.07) is 0. The first-order chi connectivity index (χ1) is 5.43. The lowest BCUT2D eigenvalue weighted by Gasteiger charge is -1.88. The first-order valence-corrected chi connectivity index (χ1v) is 3.70. The van der Waals surface area contributed by atoms with E-state index in [0.717, 1.165) is 5.01 Å². The molecule has 0 bridgehead atoms. The topological polar surface area (TPSA) is 42.0 Å². The zero-order chi connectivity index (χ0) is 8.53. The molecule has 0 aliphatic heterocycles. The predicted octanol–water partition coefficient (Wildman–Crippen LogP) is 0.638. The molecule has 11 heavy (non-hydrogen) atoms. The van der Waals surface area contributed by atoms with Gasteiger partial charge in [-0.05, 0) is 0 Å². The molecule has 4 heteroatoms. The van der Waals surface area contributed by atoms with Crippen LogP contribution in [0.1, 0.15) is 5.01 Å². The summed E-state index contributed by atoms with van der Waals surface area (Å²) in [5.74, 6) is 0. The Morgan fingerprint density at radius 3 is 2.91 bits per heavy atom. The van der Waals surface area contributed by atoms with Crippen LogP contribution in [0.4, 0.5) is 0 Å². The Labute approximate surface area is 69.5 Å². The van der Waals surface area contributed by atoms with Crippen LogP contribution in [0.25, 0.3) is 0 Å². The van der Waals surface area contributed by atoms with Crippen molar-refractivity contribution in [2.24, 2.45) is 0 Å². The molecule has 0 unspecified atom stereocenters. The van der Waals surface area contributed by atoms with Crippen molar-refractivity contribution >= 4 is 17.7 Å². The Hall–Kier alpha value is -1.34. The normalized spacial score (nSPS) is 7.45. The van der Waals surface area contributed by atoms with Crippen LogP contribution in [0.5, 0.6) is 0 Å². The molecule has 0 aromatic carbocycles. The van der Waals surface area contributed by atoms with Crippen molar-refractivity contribution in [3.05, 3.63) is 16.6 Å². The van der Waals surface area contributed by atoms with Gasteiger partial charge >= 0.3 is 0 Å². The molecule has 0 saturated carbocycles. The van der Waals surface area contributed by atoms with Crippen molar-refractivity contribution in [3.8, 4) is 12.8 Å². The molecule has 0 aliphatic carbocycles. The zero-order valence-electron chi connectivity index (χ0n) is 5.86. The fraction of sp³-hybridized carbons (Fsp3) is 0.143. The molecular formula is C7H8N2OS. The van der Waals surface area contributed by atoms with Gasteiger partial charge in [0.15, 0.2) is 0 Å². The average molecular weight is 168 g/mol. The first-order valence-electron chi connectivity index (χ1n) is 2.82. The summed E-state index contributed by atoms with van der Waals surface area (Å²) in [5, 5.41) is 5.33. The maximum absolute atomic E-state index is 9.77. The van der Waals surface area contributed by atoms with Crippen LogP contribution in [-0.2, 0) is 11.3 Å². The minimum absolute atomic E-state index is 0.543. The van der Waals surface area contributed by atoms with E-state index in [2.05, 4.69) is 23.1 Å². The van der Waals surface area contributed by atoms with Crippen LogP contribution in [-0.4, -0.2) is 11.4 Å². The van der Waals surface area contributed by atoms with E-state index in [1.165, 1.54) is 11.3 Å². The highest BCUT2D eigenvalue weighted by Crippen LogP contribution is 2.01. The summed E-state index contributed by atoms with van der Waals surface area (Å²) in [6.45, 7) is 0.543. The van der Waals surface area contributed by atoms with Crippen LogP contribution in [0.3, 0.4) is 0 Å². The number of aromatic nitrogens is 1. The minimum atomic E-state index is 0.543. The standard InChI is InChI=1S/C5H6N2OS.C2H2/c8-4-6-3-5-7-1-2-9-5;1-2/h1-2,4H,3H2,(H,6,8);1-2H. The van der Waals surface area contributed by atoms with Gasteiger partial charge in [0.1, 0.15) is 5.01 Å². The minimum Gasteiger partial charge on any atom is -0.352 e. The SMILES string of the molecule is C#C.O=CNCc1nccs1. The summed E-state index contributed by atoms with van der Waals surface area (Å²) < 4.78 is 0. The van der Waals surface area contributed by atoms with Crippen LogP contribution >= 0.6 is 11.3 Å². The molecular weight excluding hydrogens is 160 g/mol. The third kappa shape index (κ3) is 4.12. The Bertz CT molecular complexity index is 205. The van der Waals surface area contributed by atoms with Gasteiger partial charge in [-0.2, -0.15) is 0 Å². The molecule has 1 amide bonds. The molecule has 58 valence electrons. The summed E-state index contributed by atoms with van der Waals surface area (Å²) in [5.41, 5.74) is 0. The van der Waals surface area contributed by atoms with Gasteiger partial charge in [0.05, 0.1) is 6.54 Å². The van der Waals surface area contributed by atoms with E-state index in [0.29, 0.717) is 13.0 Å². The molecule has 0 spiro atoms. The molecule has 0 atom stereocenters.